The molecule has 31 heavy (non-hydrogen) atoms. The van der Waals surface area contributed by atoms with Crippen molar-refractivity contribution < 1.29 is 23.5 Å². The molecule has 1 aliphatic heterocycles. The van der Waals surface area contributed by atoms with Crippen LogP contribution in [0.15, 0.2) is 17.1 Å². The first-order valence-electron chi connectivity index (χ1n) is 10.2. The van der Waals surface area contributed by atoms with Crippen LogP contribution in [-0.4, -0.2) is 40.3 Å². The lowest BCUT2D eigenvalue weighted by Crippen LogP contribution is -2.48. The number of carbonyl (C=O) groups excluding carboxylic acids is 1. The predicted octanol–water partition coefficient (Wildman–Crippen LogP) is 1.70. The van der Waals surface area contributed by atoms with Crippen LogP contribution in [0.1, 0.15) is 49.0 Å². The van der Waals surface area contributed by atoms with Crippen molar-refractivity contribution in [1.29, 1.82) is 0 Å². The van der Waals surface area contributed by atoms with E-state index in [1.165, 1.54) is 11.5 Å². The summed E-state index contributed by atoms with van der Waals surface area (Å²) in [6.07, 6.45) is 3.68. The molecule has 1 amide bonds. The molecule has 5 rings (SSSR count). The van der Waals surface area contributed by atoms with Crippen LogP contribution in [-0.2, 0) is 4.79 Å². The fourth-order valence-corrected chi connectivity index (χ4v) is 5.07. The van der Waals surface area contributed by atoms with Crippen LogP contribution < -0.4 is 21.4 Å². The number of anilines is 1. The van der Waals surface area contributed by atoms with Crippen molar-refractivity contribution in [3.63, 3.8) is 0 Å². The molecule has 0 bridgehead atoms. The minimum absolute atomic E-state index is 0.0773. The number of pyridine rings is 1. The maximum atomic E-state index is 15.7. The lowest BCUT2D eigenvalue weighted by Gasteiger charge is -2.24. The van der Waals surface area contributed by atoms with Gasteiger partial charge in [0.05, 0.1) is 16.6 Å². The predicted molar refractivity (Wildman–Crippen MR) is 108 cm³/mol. The van der Waals surface area contributed by atoms with Crippen LogP contribution in [0.3, 0.4) is 0 Å². The number of nitrogens with zero attached hydrogens (tertiary/aromatic N) is 2. The Balaban J connectivity index is 1.61. The van der Waals surface area contributed by atoms with Gasteiger partial charge in [0.1, 0.15) is 17.1 Å². The number of nitrogens with one attached hydrogen (secondary N) is 1. The summed E-state index contributed by atoms with van der Waals surface area (Å²) >= 11 is 0. The molecular weight excluding hydrogens is 410 g/mol. The van der Waals surface area contributed by atoms with Crippen molar-refractivity contribution in [2.75, 3.05) is 18.0 Å². The van der Waals surface area contributed by atoms with Gasteiger partial charge in [0.2, 0.25) is 11.3 Å². The van der Waals surface area contributed by atoms with E-state index in [9.17, 15) is 19.5 Å². The van der Waals surface area contributed by atoms with Crippen molar-refractivity contribution in [3.8, 4) is 0 Å². The highest BCUT2D eigenvalue weighted by Crippen LogP contribution is 2.59. The van der Waals surface area contributed by atoms with Crippen LogP contribution in [0.2, 0.25) is 0 Å². The zero-order valence-electron chi connectivity index (χ0n) is 16.9. The summed E-state index contributed by atoms with van der Waals surface area (Å²) in [5.41, 5.74) is 3.18. The normalized spacial score (nSPS) is 27.2. The number of amides is 1. The number of benzene rings is 1. The SMILES string of the molecule is CC(=O)NC1(N)CC12CCN(c1c(F)cc3c(=O)c(C(=O)O)cn(C4CC4)c3c1F)C2. The van der Waals surface area contributed by atoms with Crippen molar-refractivity contribution in [2.24, 2.45) is 11.1 Å². The summed E-state index contributed by atoms with van der Waals surface area (Å²) in [5, 5.41) is 11.8. The molecule has 3 aliphatic rings. The van der Waals surface area contributed by atoms with Gasteiger partial charge in [-0.1, -0.05) is 0 Å². The van der Waals surface area contributed by atoms with Crippen LogP contribution in [0.4, 0.5) is 14.5 Å². The van der Waals surface area contributed by atoms with Gasteiger partial charge in [-0.25, -0.2) is 13.6 Å². The minimum atomic E-state index is -1.43. The number of hydrogen-bond donors (Lipinski definition) is 3. The van der Waals surface area contributed by atoms with Crippen LogP contribution in [0.5, 0.6) is 0 Å². The highest BCUT2D eigenvalue weighted by Gasteiger charge is 2.68. The van der Waals surface area contributed by atoms with E-state index in [1.807, 2.05) is 0 Å². The average Bonchev–Trinajstić information content (AvgIpc) is 3.54. The van der Waals surface area contributed by atoms with E-state index < -0.39 is 39.7 Å². The number of halogens is 2. The van der Waals surface area contributed by atoms with Gasteiger partial charge in [-0.3, -0.25) is 9.59 Å². The van der Waals surface area contributed by atoms with E-state index in [-0.39, 0.29) is 35.1 Å². The van der Waals surface area contributed by atoms with Crippen LogP contribution >= 0.6 is 0 Å². The van der Waals surface area contributed by atoms with E-state index in [0.717, 1.165) is 25.1 Å². The maximum Gasteiger partial charge on any atom is 0.341 e. The number of hydrogen-bond acceptors (Lipinski definition) is 5. The number of aromatic carboxylic acids is 1. The number of fused-ring (bicyclic) bond motifs is 1. The fourth-order valence-electron chi connectivity index (χ4n) is 5.07. The molecule has 10 heteroatoms. The van der Waals surface area contributed by atoms with Crippen molar-refractivity contribution >= 4 is 28.5 Å². The molecule has 1 saturated heterocycles. The second-order valence-corrected chi connectivity index (χ2v) is 9.01. The summed E-state index contributed by atoms with van der Waals surface area (Å²) in [7, 11) is 0. The van der Waals surface area contributed by atoms with Crippen molar-refractivity contribution in [3.05, 3.63) is 39.7 Å². The summed E-state index contributed by atoms with van der Waals surface area (Å²) in [6.45, 7) is 1.99. The summed E-state index contributed by atoms with van der Waals surface area (Å²) in [5.74, 6) is -3.50. The highest BCUT2D eigenvalue weighted by molar-refractivity contribution is 5.94. The number of aromatic nitrogens is 1. The molecule has 2 aliphatic carbocycles. The molecule has 2 saturated carbocycles. The third kappa shape index (κ3) is 2.84. The molecule has 2 heterocycles. The first kappa shape index (κ1) is 19.9. The zero-order chi connectivity index (χ0) is 22.3. The van der Waals surface area contributed by atoms with Crippen LogP contribution in [0, 0.1) is 17.0 Å². The Morgan fingerprint density at radius 3 is 2.65 bits per heavy atom. The second-order valence-electron chi connectivity index (χ2n) is 9.01. The molecule has 0 radical (unpaired) electrons. The number of carbonyl (C=O) groups is 2. The summed E-state index contributed by atoms with van der Waals surface area (Å²) in [4.78, 5) is 37.1. The third-order valence-electron chi connectivity index (χ3n) is 6.86. The molecule has 2 aromatic rings. The zero-order valence-corrected chi connectivity index (χ0v) is 16.9. The van der Waals surface area contributed by atoms with E-state index in [4.69, 9.17) is 5.73 Å². The molecule has 2 unspecified atom stereocenters. The minimum Gasteiger partial charge on any atom is -0.477 e. The Hall–Kier alpha value is -3.01. The first-order chi connectivity index (χ1) is 14.6. The van der Waals surface area contributed by atoms with Gasteiger partial charge in [0.15, 0.2) is 5.82 Å². The number of rotatable bonds is 4. The van der Waals surface area contributed by atoms with E-state index in [2.05, 4.69) is 5.32 Å². The molecule has 2 atom stereocenters. The fraction of sp³-hybridized carbons (Fsp3) is 0.476. The molecule has 3 fully saturated rings. The molecule has 4 N–H and O–H groups in total. The molecule has 8 nitrogen and oxygen atoms in total. The third-order valence-corrected chi connectivity index (χ3v) is 6.86. The lowest BCUT2D eigenvalue weighted by molar-refractivity contribution is -0.120. The number of nitrogens with two attached hydrogens (primary N) is 1. The van der Waals surface area contributed by atoms with Crippen molar-refractivity contribution in [1.82, 2.24) is 9.88 Å². The van der Waals surface area contributed by atoms with Gasteiger partial charge in [-0.15, -0.1) is 0 Å². The largest absolute Gasteiger partial charge is 0.477 e. The maximum absolute atomic E-state index is 15.7. The van der Waals surface area contributed by atoms with Crippen molar-refractivity contribution in [2.45, 2.75) is 44.3 Å². The Morgan fingerprint density at radius 1 is 1.32 bits per heavy atom. The molecule has 1 aromatic heterocycles. The Kier molecular flexibility index (Phi) is 4.02. The quantitative estimate of drug-likeness (QED) is 0.633. The molecular formula is C21H22F2N4O4. The van der Waals surface area contributed by atoms with E-state index in [0.29, 0.717) is 19.4 Å². The first-order valence-corrected chi connectivity index (χ1v) is 10.2. The van der Waals surface area contributed by atoms with Gasteiger partial charge in [0.25, 0.3) is 0 Å². The van der Waals surface area contributed by atoms with Gasteiger partial charge in [-0.2, -0.15) is 0 Å². The molecule has 1 aromatic carbocycles. The van der Waals surface area contributed by atoms with Gasteiger partial charge in [-0.05, 0) is 31.7 Å². The monoisotopic (exact) mass is 432 g/mol. The van der Waals surface area contributed by atoms with Gasteiger partial charge < -0.3 is 25.6 Å². The number of carboxylic acid groups (broad SMARTS) is 1. The Bertz CT molecular complexity index is 1220. The second kappa shape index (κ2) is 6.25. The Labute approximate surface area is 175 Å². The number of carboxylic acids is 1. The van der Waals surface area contributed by atoms with E-state index >= 15 is 8.78 Å². The smallest absolute Gasteiger partial charge is 0.341 e. The van der Waals surface area contributed by atoms with Gasteiger partial charge >= 0.3 is 5.97 Å². The summed E-state index contributed by atoms with van der Waals surface area (Å²) in [6, 6.07) is 0.807. The Morgan fingerprint density at radius 2 is 2.03 bits per heavy atom. The van der Waals surface area contributed by atoms with Gasteiger partial charge in [0, 0.05) is 37.7 Å². The summed E-state index contributed by atoms with van der Waals surface area (Å²) < 4.78 is 32.3. The van der Waals surface area contributed by atoms with Crippen LogP contribution in [0.25, 0.3) is 10.9 Å². The average molecular weight is 432 g/mol. The molecule has 1 spiro atoms. The highest BCUT2D eigenvalue weighted by atomic mass is 19.1. The molecule has 164 valence electrons. The topological polar surface area (TPSA) is 118 Å². The lowest BCUT2D eigenvalue weighted by atomic mass is 10.0. The standard InChI is InChI=1S/C21H22F2N4O4/c1-10(28)25-21(24)8-20(21)4-5-26(9-20)17-14(22)6-12-16(15(17)23)27(11-2-3-11)7-13(18(12)29)19(30)31/h6-7,11H,2-5,8-9,24H2,1H3,(H,25,28)(H,30,31). The van der Waals surface area contributed by atoms with E-state index in [1.54, 1.807) is 4.90 Å².